The summed E-state index contributed by atoms with van der Waals surface area (Å²) >= 11 is 3.34. The van der Waals surface area contributed by atoms with Crippen LogP contribution in [0.3, 0.4) is 0 Å². The summed E-state index contributed by atoms with van der Waals surface area (Å²) in [4.78, 5) is 23.5. The molecule has 0 amide bonds. The van der Waals surface area contributed by atoms with Gasteiger partial charge in [0.25, 0.3) is 0 Å². The molecule has 0 radical (unpaired) electrons. The van der Waals surface area contributed by atoms with E-state index in [2.05, 4.69) is 15.9 Å². The molecule has 6 heteroatoms. The molecule has 5 nitrogen and oxygen atoms in total. The third kappa shape index (κ3) is 4.36. The fourth-order valence-corrected chi connectivity index (χ4v) is 2.54. The zero-order valence-electron chi connectivity index (χ0n) is 12.9. The Morgan fingerprint density at radius 2 is 1.92 bits per heavy atom. The summed E-state index contributed by atoms with van der Waals surface area (Å²) in [6.07, 6.45) is 2.97. The number of benzene rings is 2. The second-order valence-corrected chi connectivity index (χ2v) is 6.18. The molecule has 3 rings (SSSR count). The van der Waals surface area contributed by atoms with E-state index < -0.39 is 11.6 Å². The minimum absolute atomic E-state index is 0.0118. The maximum absolute atomic E-state index is 11.9. The molecule has 0 unspecified atom stereocenters. The van der Waals surface area contributed by atoms with Crippen molar-refractivity contribution in [2.75, 3.05) is 0 Å². The van der Waals surface area contributed by atoms with Crippen molar-refractivity contribution in [3.05, 3.63) is 80.6 Å². The van der Waals surface area contributed by atoms with E-state index in [1.807, 2.05) is 24.3 Å². The van der Waals surface area contributed by atoms with Crippen LogP contribution in [0.15, 0.2) is 68.3 Å². The molecule has 0 aliphatic carbocycles. The number of hydrogen-bond donors (Lipinski definition) is 1. The van der Waals surface area contributed by atoms with Crippen LogP contribution in [0, 0.1) is 0 Å². The first-order valence-corrected chi connectivity index (χ1v) is 8.17. The van der Waals surface area contributed by atoms with Crippen LogP contribution in [0.4, 0.5) is 0 Å². The summed E-state index contributed by atoms with van der Waals surface area (Å²) in [5.74, 6) is -0.537. The van der Waals surface area contributed by atoms with Gasteiger partial charge in [-0.1, -0.05) is 28.1 Å². The number of phenolic OH excluding ortho intramolecular Hbond substituents is 1. The van der Waals surface area contributed by atoms with Crippen LogP contribution in [0.5, 0.6) is 5.75 Å². The average molecular weight is 401 g/mol. The predicted molar refractivity (Wildman–Crippen MR) is 97.1 cm³/mol. The van der Waals surface area contributed by atoms with Crippen molar-refractivity contribution in [2.45, 2.75) is 6.61 Å². The van der Waals surface area contributed by atoms with Crippen LogP contribution in [0.1, 0.15) is 11.1 Å². The van der Waals surface area contributed by atoms with Crippen molar-refractivity contribution in [2.24, 2.45) is 0 Å². The molecule has 1 heterocycles. The third-order valence-electron chi connectivity index (χ3n) is 3.47. The van der Waals surface area contributed by atoms with E-state index >= 15 is 0 Å². The summed E-state index contributed by atoms with van der Waals surface area (Å²) in [5.41, 5.74) is 1.04. The van der Waals surface area contributed by atoms with E-state index in [0.29, 0.717) is 10.9 Å². The van der Waals surface area contributed by atoms with Gasteiger partial charge >= 0.3 is 11.6 Å². The quantitative estimate of drug-likeness (QED) is 0.406. The van der Waals surface area contributed by atoms with Crippen molar-refractivity contribution in [3.8, 4) is 5.75 Å². The zero-order valence-corrected chi connectivity index (χ0v) is 14.5. The summed E-state index contributed by atoms with van der Waals surface area (Å²) in [6, 6.07) is 13.1. The Labute approximate surface area is 151 Å². The summed E-state index contributed by atoms with van der Waals surface area (Å²) < 4.78 is 11.2. The van der Waals surface area contributed by atoms with Gasteiger partial charge in [-0.3, -0.25) is 0 Å². The lowest BCUT2D eigenvalue weighted by molar-refractivity contribution is -0.138. The topological polar surface area (TPSA) is 76.7 Å². The van der Waals surface area contributed by atoms with E-state index in [1.54, 1.807) is 12.1 Å². The highest BCUT2D eigenvalue weighted by atomic mass is 79.9. The first-order valence-electron chi connectivity index (χ1n) is 7.37. The standard InChI is InChI=1S/C19H13BrO5/c20-14-4-1-12(2-5-14)3-8-18(22)24-11-13-9-19(23)25-17-10-15(21)6-7-16(13)17/h1-10,21H,11H2/b8-3+. The van der Waals surface area contributed by atoms with Gasteiger partial charge in [0.05, 0.1) is 0 Å². The molecule has 25 heavy (non-hydrogen) atoms. The van der Waals surface area contributed by atoms with Crippen LogP contribution in [0.2, 0.25) is 0 Å². The normalized spacial score (nSPS) is 11.1. The Balaban J connectivity index is 1.73. The lowest BCUT2D eigenvalue weighted by Gasteiger charge is -2.06. The maximum Gasteiger partial charge on any atom is 0.336 e. The van der Waals surface area contributed by atoms with Crippen molar-refractivity contribution in [3.63, 3.8) is 0 Å². The highest BCUT2D eigenvalue weighted by Gasteiger charge is 2.08. The lowest BCUT2D eigenvalue weighted by Crippen LogP contribution is -2.05. The monoisotopic (exact) mass is 400 g/mol. The van der Waals surface area contributed by atoms with Crippen molar-refractivity contribution in [1.82, 2.24) is 0 Å². The van der Waals surface area contributed by atoms with E-state index in [9.17, 15) is 14.7 Å². The van der Waals surface area contributed by atoms with Crippen LogP contribution in [-0.4, -0.2) is 11.1 Å². The van der Waals surface area contributed by atoms with Gasteiger partial charge < -0.3 is 14.3 Å². The number of aromatic hydroxyl groups is 1. The van der Waals surface area contributed by atoms with E-state index in [1.165, 1.54) is 24.3 Å². The highest BCUT2D eigenvalue weighted by molar-refractivity contribution is 9.10. The predicted octanol–water partition coefficient (Wildman–Crippen LogP) is 4.02. The number of carbonyl (C=O) groups excluding carboxylic acids is 1. The Bertz CT molecular complexity index is 1000. The molecule has 0 fully saturated rings. The van der Waals surface area contributed by atoms with Crippen molar-refractivity contribution < 1.29 is 19.1 Å². The molecule has 2 aromatic carbocycles. The van der Waals surface area contributed by atoms with Gasteiger partial charge in [0.2, 0.25) is 0 Å². The molecular formula is C19H13BrO5. The van der Waals surface area contributed by atoms with Crippen LogP contribution in [0.25, 0.3) is 17.0 Å². The maximum atomic E-state index is 11.9. The van der Waals surface area contributed by atoms with Gasteiger partial charge in [-0.15, -0.1) is 0 Å². The summed E-state index contributed by atoms with van der Waals surface area (Å²) in [5, 5.41) is 10.1. The van der Waals surface area contributed by atoms with Gasteiger partial charge in [0, 0.05) is 33.6 Å². The minimum Gasteiger partial charge on any atom is -0.508 e. The molecular weight excluding hydrogens is 388 g/mol. The molecule has 0 bridgehead atoms. The summed E-state index contributed by atoms with van der Waals surface area (Å²) in [6.45, 7) is -0.0730. The SMILES string of the molecule is O=C(/C=C/c1ccc(Br)cc1)OCc1cc(=O)oc2cc(O)ccc12. The number of hydrogen-bond acceptors (Lipinski definition) is 5. The Morgan fingerprint density at radius 3 is 2.68 bits per heavy atom. The number of esters is 1. The summed E-state index contributed by atoms with van der Waals surface area (Å²) in [7, 11) is 0. The lowest BCUT2D eigenvalue weighted by atomic mass is 10.1. The van der Waals surface area contributed by atoms with Crippen molar-refractivity contribution >= 4 is 38.9 Å². The Morgan fingerprint density at radius 1 is 1.16 bits per heavy atom. The Kier molecular flexibility index (Phi) is 5.00. The highest BCUT2D eigenvalue weighted by Crippen LogP contribution is 2.22. The average Bonchev–Trinajstić information content (AvgIpc) is 2.58. The molecule has 0 saturated carbocycles. The second kappa shape index (κ2) is 7.36. The van der Waals surface area contributed by atoms with E-state index in [-0.39, 0.29) is 17.9 Å². The fourth-order valence-electron chi connectivity index (χ4n) is 2.27. The molecule has 0 spiro atoms. The van der Waals surface area contributed by atoms with E-state index in [4.69, 9.17) is 9.15 Å². The molecule has 1 N–H and O–H groups in total. The number of halogens is 1. The number of phenols is 1. The molecule has 126 valence electrons. The number of rotatable bonds is 4. The first-order chi connectivity index (χ1) is 12.0. The molecule has 0 atom stereocenters. The van der Waals surface area contributed by atoms with Crippen LogP contribution < -0.4 is 5.63 Å². The smallest absolute Gasteiger partial charge is 0.336 e. The fraction of sp³-hybridized carbons (Fsp3) is 0.0526. The Hall–Kier alpha value is -2.86. The largest absolute Gasteiger partial charge is 0.508 e. The van der Waals surface area contributed by atoms with Gasteiger partial charge in [-0.25, -0.2) is 9.59 Å². The second-order valence-electron chi connectivity index (χ2n) is 5.26. The molecule has 1 aromatic heterocycles. The third-order valence-corrected chi connectivity index (χ3v) is 3.99. The first kappa shape index (κ1) is 17.0. The van der Waals surface area contributed by atoms with Gasteiger partial charge in [-0.2, -0.15) is 0 Å². The number of carbonyl (C=O) groups is 1. The van der Waals surface area contributed by atoms with Crippen molar-refractivity contribution in [1.29, 1.82) is 0 Å². The molecule has 0 aliphatic rings. The van der Waals surface area contributed by atoms with Crippen LogP contribution in [-0.2, 0) is 16.1 Å². The van der Waals surface area contributed by atoms with Crippen LogP contribution >= 0.6 is 15.9 Å². The molecule has 0 aliphatic heterocycles. The number of ether oxygens (including phenoxy) is 1. The zero-order chi connectivity index (χ0) is 17.8. The van der Waals surface area contributed by atoms with Gasteiger partial charge in [0.1, 0.15) is 17.9 Å². The number of fused-ring (bicyclic) bond motifs is 1. The molecule has 3 aromatic rings. The van der Waals surface area contributed by atoms with Gasteiger partial charge in [-0.05, 0) is 35.9 Å². The molecule has 0 saturated heterocycles. The minimum atomic E-state index is -0.574. The van der Waals surface area contributed by atoms with E-state index in [0.717, 1.165) is 10.0 Å². The van der Waals surface area contributed by atoms with Gasteiger partial charge in [0.15, 0.2) is 0 Å².